The summed E-state index contributed by atoms with van der Waals surface area (Å²) in [5.74, 6) is -0.810. The number of carbonyl (C=O) groups is 1. The molecular weight excluding hydrogens is 292 g/mol. The van der Waals surface area contributed by atoms with E-state index in [0.717, 1.165) is 6.08 Å². The third-order valence-corrected chi connectivity index (χ3v) is 3.19. The van der Waals surface area contributed by atoms with Crippen LogP contribution < -0.4 is 0 Å². The number of aliphatic hydroxyl groups excluding tert-OH is 3. The molecule has 0 aliphatic carbocycles. The van der Waals surface area contributed by atoms with Crippen LogP contribution in [0.15, 0.2) is 30.3 Å². The summed E-state index contributed by atoms with van der Waals surface area (Å²) in [5.41, 5.74) is 0.410. The first-order valence-corrected chi connectivity index (χ1v) is 6.71. The molecule has 1 aromatic rings. The Morgan fingerprint density at radius 3 is 2.73 bits per heavy atom. The molecule has 1 aromatic carbocycles. The van der Waals surface area contributed by atoms with Crippen molar-refractivity contribution in [3.63, 3.8) is 0 Å². The Labute approximate surface area is 128 Å². The number of carbonyl (C=O) groups excluding carboxylic acids is 1. The predicted octanol–water partition coefficient (Wildman–Crippen LogP) is -0.222. The molecule has 0 saturated carbocycles. The van der Waals surface area contributed by atoms with Crippen LogP contribution in [-0.2, 0) is 14.3 Å². The van der Waals surface area contributed by atoms with Gasteiger partial charge in [0.1, 0.15) is 18.0 Å². The van der Waals surface area contributed by atoms with E-state index in [2.05, 4.69) is 0 Å². The van der Waals surface area contributed by atoms with E-state index < -0.39 is 37.2 Å². The summed E-state index contributed by atoms with van der Waals surface area (Å²) in [6, 6.07) is 5.60. The summed E-state index contributed by atoms with van der Waals surface area (Å²) in [4.78, 5) is 11.8. The van der Waals surface area contributed by atoms with Crippen molar-refractivity contribution in [3.8, 4) is 5.75 Å². The Hall–Kier alpha value is -1.93. The van der Waals surface area contributed by atoms with Crippen molar-refractivity contribution in [1.82, 2.24) is 0 Å². The van der Waals surface area contributed by atoms with Crippen molar-refractivity contribution in [2.75, 3.05) is 6.61 Å². The third-order valence-electron chi connectivity index (χ3n) is 3.19. The number of hydrogen-bond acceptors (Lipinski definition) is 7. The second-order valence-electron chi connectivity index (χ2n) is 4.85. The van der Waals surface area contributed by atoms with Gasteiger partial charge in [-0.25, -0.2) is 4.79 Å². The molecule has 1 unspecified atom stereocenters. The van der Waals surface area contributed by atoms with E-state index in [1.165, 1.54) is 24.3 Å². The number of aromatic hydroxyl groups is 1. The van der Waals surface area contributed by atoms with Crippen molar-refractivity contribution in [2.24, 2.45) is 0 Å². The minimum Gasteiger partial charge on any atom is -0.508 e. The average Bonchev–Trinajstić information content (AvgIpc) is 2.51. The Bertz CT molecular complexity index is 572. The van der Waals surface area contributed by atoms with E-state index in [-0.39, 0.29) is 18.2 Å². The van der Waals surface area contributed by atoms with Crippen molar-refractivity contribution in [1.29, 1.82) is 0 Å². The molecule has 1 aliphatic rings. The molecule has 120 valence electrons. The molecule has 0 amide bonds. The number of hydrogen-bond donors (Lipinski definition) is 4. The van der Waals surface area contributed by atoms with Gasteiger partial charge in [0.25, 0.3) is 0 Å². The van der Waals surface area contributed by atoms with Crippen LogP contribution in [0.1, 0.15) is 13.4 Å². The molecule has 1 saturated heterocycles. The topological polar surface area (TPSA) is 116 Å². The Kier molecular flexibility index (Phi) is 5.02. The number of ether oxygens (including phenoxy) is 2. The SMILES string of the molecule is [2H]/C(=C\C(=O)OC1C[C@@H](O)[C@H](O)[C@@H](CO)O1)c1ccc(O)cc1. The maximum Gasteiger partial charge on any atom is 0.333 e. The van der Waals surface area contributed by atoms with Crippen LogP contribution in [0.5, 0.6) is 5.75 Å². The first-order valence-electron chi connectivity index (χ1n) is 7.21. The van der Waals surface area contributed by atoms with Gasteiger partial charge in [0.05, 0.1) is 14.1 Å². The number of benzene rings is 1. The van der Waals surface area contributed by atoms with Gasteiger partial charge in [-0.05, 0) is 23.7 Å². The second kappa shape index (κ2) is 7.37. The zero-order valence-corrected chi connectivity index (χ0v) is 11.6. The van der Waals surface area contributed by atoms with Gasteiger partial charge in [-0.2, -0.15) is 0 Å². The first-order chi connectivity index (χ1) is 10.9. The summed E-state index contributed by atoms with van der Waals surface area (Å²) in [6.07, 6.45) is -3.82. The van der Waals surface area contributed by atoms with Crippen molar-refractivity contribution >= 4 is 12.0 Å². The lowest BCUT2D eigenvalue weighted by molar-refractivity contribution is -0.248. The van der Waals surface area contributed by atoms with Gasteiger partial charge >= 0.3 is 5.97 Å². The van der Waals surface area contributed by atoms with Crippen LogP contribution in [0.25, 0.3) is 6.05 Å². The van der Waals surface area contributed by atoms with Gasteiger partial charge < -0.3 is 29.9 Å². The van der Waals surface area contributed by atoms with Gasteiger partial charge in [-0.1, -0.05) is 12.1 Å². The van der Waals surface area contributed by atoms with E-state index in [1.807, 2.05) is 0 Å². The Morgan fingerprint density at radius 2 is 2.09 bits per heavy atom. The lowest BCUT2D eigenvalue weighted by Gasteiger charge is -2.35. The molecule has 0 spiro atoms. The summed E-state index contributed by atoms with van der Waals surface area (Å²) in [7, 11) is 0. The summed E-state index contributed by atoms with van der Waals surface area (Å²) in [5, 5.41) is 37.4. The maximum absolute atomic E-state index is 11.8. The monoisotopic (exact) mass is 311 g/mol. The van der Waals surface area contributed by atoms with Gasteiger partial charge in [-0.15, -0.1) is 0 Å². The first kappa shape index (κ1) is 15.0. The normalized spacial score (nSPS) is 29.8. The van der Waals surface area contributed by atoms with Crippen LogP contribution >= 0.6 is 0 Å². The molecule has 22 heavy (non-hydrogen) atoms. The molecule has 1 aliphatic heterocycles. The number of phenolic OH excluding ortho intramolecular Hbond substituents is 1. The van der Waals surface area contributed by atoms with Crippen molar-refractivity contribution in [2.45, 2.75) is 31.0 Å². The summed E-state index contributed by atoms with van der Waals surface area (Å²) >= 11 is 0. The highest BCUT2D eigenvalue weighted by atomic mass is 16.7. The van der Waals surface area contributed by atoms with E-state index in [9.17, 15) is 20.1 Å². The van der Waals surface area contributed by atoms with Gasteiger partial charge in [0, 0.05) is 12.5 Å². The third kappa shape index (κ3) is 4.28. The van der Waals surface area contributed by atoms with E-state index in [4.69, 9.17) is 16.0 Å². The standard InChI is InChI=1S/C15H18O7/c16-8-12-15(20)11(18)7-14(21-12)22-13(19)6-3-9-1-4-10(17)5-2-9/h1-6,11-12,14-18,20H,7-8H2/b6-3+/t11-,12-,14?,15+/m1/s1/i3D. The van der Waals surface area contributed by atoms with Gasteiger partial charge in [0.2, 0.25) is 6.29 Å². The zero-order valence-electron chi connectivity index (χ0n) is 12.6. The smallest absolute Gasteiger partial charge is 0.333 e. The molecule has 4 N–H and O–H groups in total. The minimum absolute atomic E-state index is 0.0438. The Morgan fingerprint density at radius 1 is 1.41 bits per heavy atom. The van der Waals surface area contributed by atoms with Crippen LogP contribution in [-0.4, -0.2) is 57.6 Å². The zero-order chi connectivity index (χ0) is 17.0. The molecule has 0 aromatic heterocycles. The van der Waals surface area contributed by atoms with Gasteiger partial charge in [-0.3, -0.25) is 0 Å². The highest BCUT2D eigenvalue weighted by Gasteiger charge is 2.37. The van der Waals surface area contributed by atoms with Crippen molar-refractivity contribution in [3.05, 3.63) is 35.9 Å². The van der Waals surface area contributed by atoms with Crippen LogP contribution in [0, 0.1) is 0 Å². The predicted molar refractivity (Wildman–Crippen MR) is 75.6 cm³/mol. The van der Waals surface area contributed by atoms with Crippen LogP contribution in [0.2, 0.25) is 0 Å². The number of esters is 1. The maximum atomic E-state index is 11.8. The highest BCUT2D eigenvalue weighted by molar-refractivity contribution is 5.87. The molecule has 1 heterocycles. The van der Waals surface area contributed by atoms with E-state index in [1.54, 1.807) is 0 Å². The molecule has 0 radical (unpaired) electrons. The molecule has 0 bridgehead atoms. The lowest BCUT2D eigenvalue weighted by atomic mass is 10.0. The molecular formula is C15H18O7. The average molecular weight is 311 g/mol. The molecule has 1 fully saturated rings. The lowest BCUT2D eigenvalue weighted by Crippen LogP contribution is -2.50. The fourth-order valence-electron chi connectivity index (χ4n) is 2.01. The molecule has 7 nitrogen and oxygen atoms in total. The number of aliphatic hydroxyl groups is 3. The second-order valence-corrected chi connectivity index (χ2v) is 4.85. The summed E-state index contributed by atoms with van der Waals surface area (Å²) in [6.45, 7) is -0.528. The Balaban J connectivity index is 1.98. The van der Waals surface area contributed by atoms with Gasteiger partial charge in [0.15, 0.2) is 0 Å². The quantitative estimate of drug-likeness (QED) is 0.448. The fraction of sp³-hybridized carbons (Fsp3) is 0.400. The number of rotatable bonds is 4. The van der Waals surface area contributed by atoms with Crippen LogP contribution in [0.4, 0.5) is 0 Å². The van der Waals surface area contributed by atoms with E-state index in [0.29, 0.717) is 5.56 Å². The highest BCUT2D eigenvalue weighted by Crippen LogP contribution is 2.21. The van der Waals surface area contributed by atoms with Crippen molar-refractivity contribution < 1.29 is 36.1 Å². The molecule has 2 rings (SSSR count). The summed E-state index contributed by atoms with van der Waals surface area (Å²) < 4.78 is 17.9. The van der Waals surface area contributed by atoms with Crippen LogP contribution in [0.3, 0.4) is 0 Å². The minimum atomic E-state index is -1.26. The largest absolute Gasteiger partial charge is 0.508 e. The number of phenols is 1. The fourth-order valence-corrected chi connectivity index (χ4v) is 2.01. The molecule has 7 heteroatoms. The van der Waals surface area contributed by atoms with E-state index >= 15 is 0 Å². The molecule has 4 atom stereocenters.